The Morgan fingerprint density at radius 1 is 1.38 bits per heavy atom. The molecule has 0 saturated carbocycles. The van der Waals surface area contributed by atoms with Crippen molar-refractivity contribution < 1.29 is 16.8 Å². The highest BCUT2D eigenvalue weighted by Crippen LogP contribution is 2.30. The molecule has 1 aromatic carbocycles. The molecule has 0 heterocycles. The maximum Gasteiger partial charge on any atom is 0.317 e. The normalized spacial score (nSPS) is 34.8. The number of aliphatic carboxylic acids is 1. The standard InChI is InChI=1S/C14H14O2/c15-13(16)14(9-5-2-6-10-14)11-12-7-3-1-4-8-12/h1,3-10H,2,11H2,(H,15,16)/i2D,5D,6D,9D,10D. The zero-order valence-electron chi connectivity index (χ0n) is 13.5. The third kappa shape index (κ3) is 2.06. The summed E-state index contributed by atoms with van der Waals surface area (Å²) in [7, 11) is 0. The van der Waals surface area contributed by atoms with E-state index in [1.54, 1.807) is 30.3 Å². The van der Waals surface area contributed by atoms with Crippen LogP contribution in [0.2, 0.25) is 0 Å². The fraction of sp³-hybridized carbons (Fsp3) is 0.214. The smallest absolute Gasteiger partial charge is 0.317 e. The summed E-state index contributed by atoms with van der Waals surface area (Å²) in [5.74, 6) is -1.44. The maximum absolute atomic E-state index is 11.8. The summed E-state index contributed by atoms with van der Waals surface area (Å²) in [5.41, 5.74) is -1.47. The van der Waals surface area contributed by atoms with Gasteiger partial charge >= 0.3 is 5.97 Å². The molecule has 82 valence electrons. The van der Waals surface area contributed by atoms with Gasteiger partial charge < -0.3 is 5.11 Å². The minimum absolute atomic E-state index is 0.182. The Kier molecular flexibility index (Phi) is 1.64. The molecule has 2 nitrogen and oxygen atoms in total. The lowest BCUT2D eigenvalue weighted by molar-refractivity contribution is -0.143. The van der Waals surface area contributed by atoms with Crippen LogP contribution in [-0.4, -0.2) is 11.1 Å². The summed E-state index contributed by atoms with van der Waals surface area (Å²) in [6.07, 6.45) is -1.65. The van der Waals surface area contributed by atoms with Crippen molar-refractivity contribution in [2.75, 3.05) is 0 Å². The van der Waals surface area contributed by atoms with Gasteiger partial charge in [-0.1, -0.05) is 54.5 Å². The van der Waals surface area contributed by atoms with Crippen LogP contribution >= 0.6 is 0 Å². The van der Waals surface area contributed by atoms with Gasteiger partial charge in [0.25, 0.3) is 0 Å². The SMILES string of the molecule is [2H]C1=C([2H])C(Cc2ccccc2)(C(=O)O)C([2H])=C([2H])C1[2H]. The molecule has 1 aliphatic carbocycles. The maximum atomic E-state index is 11.8. The molecule has 16 heavy (non-hydrogen) atoms. The third-order valence-electron chi connectivity index (χ3n) is 2.39. The number of carbonyl (C=O) groups is 1. The largest absolute Gasteiger partial charge is 0.480 e. The first-order valence-corrected chi connectivity index (χ1v) is 4.87. The molecule has 0 unspecified atom stereocenters. The molecule has 2 rings (SSSR count). The van der Waals surface area contributed by atoms with E-state index >= 15 is 0 Å². The number of carboxylic acids is 1. The molecule has 0 aromatic heterocycles. The molecule has 2 heteroatoms. The molecule has 1 aliphatic rings. The van der Waals surface area contributed by atoms with Gasteiger partial charge in [-0.05, 0) is 18.4 Å². The van der Waals surface area contributed by atoms with Crippen LogP contribution in [0, 0.1) is 5.41 Å². The zero-order chi connectivity index (χ0) is 15.8. The molecule has 0 radical (unpaired) electrons. The first-order chi connectivity index (χ1) is 9.82. The quantitative estimate of drug-likeness (QED) is 0.794. The van der Waals surface area contributed by atoms with E-state index in [0.717, 1.165) is 0 Å². The summed E-state index contributed by atoms with van der Waals surface area (Å²) >= 11 is 0. The van der Waals surface area contributed by atoms with E-state index in [-0.39, 0.29) is 6.42 Å². The average molecular weight is 219 g/mol. The number of hydrogen-bond acceptors (Lipinski definition) is 1. The van der Waals surface area contributed by atoms with E-state index < -0.39 is 42.0 Å². The third-order valence-corrected chi connectivity index (χ3v) is 2.39. The van der Waals surface area contributed by atoms with Crippen LogP contribution in [0.15, 0.2) is 54.5 Å². The molecule has 1 aromatic rings. The number of allylic oxidation sites excluding steroid dienone is 2. The van der Waals surface area contributed by atoms with Crippen molar-refractivity contribution in [3.63, 3.8) is 0 Å². The minimum Gasteiger partial charge on any atom is -0.480 e. The lowest BCUT2D eigenvalue weighted by Gasteiger charge is -2.24. The van der Waals surface area contributed by atoms with E-state index in [2.05, 4.69) is 0 Å². The van der Waals surface area contributed by atoms with Gasteiger partial charge in [0.05, 0.1) is 5.48 Å². The highest BCUT2D eigenvalue weighted by atomic mass is 16.4. The van der Waals surface area contributed by atoms with Crippen LogP contribution < -0.4 is 0 Å². The average Bonchev–Trinajstić information content (AvgIpc) is 2.48. The van der Waals surface area contributed by atoms with Gasteiger partial charge in [-0.2, -0.15) is 0 Å². The van der Waals surface area contributed by atoms with Crippen molar-refractivity contribution in [1.82, 2.24) is 0 Å². The second-order valence-corrected chi connectivity index (χ2v) is 3.56. The van der Waals surface area contributed by atoms with Crippen LogP contribution in [-0.2, 0) is 11.2 Å². The topological polar surface area (TPSA) is 37.3 Å². The van der Waals surface area contributed by atoms with Crippen LogP contribution in [0.4, 0.5) is 0 Å². The molecule has 0 amide bonds. The van der Waals surface area contributed by atoms with Gasteiger partial charge in [-0.15, -0.1) is 0 Å². The van der Waals surface area contributed by atoms with Gasteiger partial charge in [0, 0.05) is 1.37 Å². The molecule has 0 atom stereocenters. The molecule has 0 fully saturated rings. The summed E-state index contributed by atoms with van der Waals surface area (Å²) in [4.78, 5) is 11.8. The molecular formula is C14H14O2. The Morgan fingerprint density at radius 3 is 2.56 bits per heavy atom. The van der Waals surface area contributed by atoms with Gasteiger partial charge in [0.1, 0.15) is 5.41 Å². The summed E-state index contributed by atoms with van der Waals surface area (Å²) in [6, 6.07) is 6.30. The first kappa shape index (κ1) is 6.04. The first-order valence-electron chi connectivity index (χ1n) is 7.45. The molecule has 0 saturated heterocycles. The van der Waals surface area contributed by atoms with Crippen LogP contribution in [0.3, 0.4) is 0 Å². The van der Waals surface area contributed by atoms with E-state index in [4.69, 9.17) is 6.85 Å². The second-order valence-electron chi connectivity index (χ2n) is 3.56. The molecule has 0 bridgehead atoms. The number of carboxylic acid groups (broad SMARTS) is 1. The molecule has 0 spiro atoms. The lowest BCUT2D eigenvalue weighted by Crippen LogP contribution is -2.30. The number of rotatable bonds is 3. The Labute approximate surface area is 102 Å². The fourth-order valence-corrected chi connectivity index (χ4v) is 1.56. The van der Waals surface area contributed by atoms with Gasteiger partial charge in [-0.3, -0.25) is 4.79 Å². The summed E-state index contributed by atoms with van der Waals surface area (Å²) in [5, 5.41) is 9.58. The van der Waals surface area contributed by atoms with Crippen molar-refractivity contribution >= 4 is 5.97 Å². The molecule has 0 aliphatic heterocycles. The van der Waals surface area contributed by atoms with Crippen LogP contribution in [0.25, 0.3) is 0 Å². The fourth-order valence-electron chi connectivity index (χ4n) is 1.56. The zero-order valence-corrected chi connectivity index (χ0v) is 8.53. The lowest BCUT2D eigenvalue weighted by atomic mass is 9.79. The minimum atomic E-state index is -2.06. The molecule has 1 N–H and O–H groups in total. The monoisotopic (exact) mass is 219 g/mol. The summed E-state index contributed by atoms with van der Waals surface area (Å²) < 4.78 is 39.0. The van der Waals surface area contributed by atoms with Crippen molar-refractivity contribution in [2.24, 2.45) is 5.41 Å². The number of hydrogen-bond donors (Lipinski definition) is 1. The predicted molar refractivity (Wildman–Crippen MR) is 63.1 cm³/mol. The number of benzene rings is 1. The van der Waals surface area contributed by atoms with Crippen molar-refractivity contribution in [1.29, 1.82) is 0 Å². The Hall–Kier alpha value is -1.83. The van der Waals surface area contributed by atoms with Crippen LogP contribution in [0.5, 0.6) is 0 Å². The highest BCUT2D eigenvalue weighted by molar-refractivity contribution is 5.80. The van der Waals surface area contributed by atoms with Crippen molar-refractivity contribution in [3.8, 4) is 0 Å². The predicted octanol–water partition coefficient (Wildman–Crippen LogP) is 2.82. The van der Waals surface area contributed by atoms with E-state index in [9.17, 15) is 9.90 Å². The van der Waals surface area contributed by atoms with Crippen molar-refractivity contribution in [3.05, 3.63) is 60.1 Å². The van der Waals surface area contributed by atoms with Gasteiger partial charge in [0.2, 0.25) is 0 Å². The van der Waals surface area contributed by atoms with Gasteiger partial charge in [-0.25, -0.2) is 0 Å². The Morgan fingerprint density at radius 2 is 2.00 bits per heavy atom. The van der Waals surface area contributed by atoms with E-state index in [1.807, 2.05) is 0 Å². The van der Waals surface area contributed by atoms with E-state index in [1.165, 1.54) is 0 Å². The second kappa shape index (κ2) is 4.35. The van der Waals surface area contributed by atoms with Crippen molar-refractivity contribution in [2.45, 2.75) is 12.8 Å². The van der Waals surface area contributed by atoms with E-state index in [0.29, 0.717) is 5.56 Å². The molecular weight excluding hydrogens is 200 g/mol. The van der Waals surface area contributed by atoms with Crippen LogP contribution in [0.1, 0.15) is 18.8 Å². The highest BCUT2D eigenvalue weighted by Gasteiger charge is 2.33. The Balaban J connectivity index is 2.63. The Bertz CT molecular complexity index is 610. The summed E-state index contributed by atoms with van der Waals surface area (Å²) in [6.45, 7) is 0. The van der Waals surface area contributed by atoms with Gasteiger partial charge in [0.15, 0.2) is 0 Å².